The van der Waals surface area contributed by atoms with E-state index in [0.717, 1.165) is 5.56 Å². The van der Waals surface area contributed by atoms with Crippen LogP contribution in [0.1, 0.15) is 5.56 Å². The minimum atomic E-state index is -4.47. The first kappa shape index (κ1) is 15.0. The highest BCUT2D eigenvalue weighted by molar-refractivity contribution is 8.22. The zero-order valence-corrected chi connectivity index (χ0v) is 11.8. The molecule has 2 N–H and O–H groups in total. The third kappa shape index (κ3) is 6.01. The van der Waals surface area contributed by atoms with Crippen molar-refractivity contribution in [1.29, 1.82) is 0 Å². The Labute approximate surface area is 115 Å². The third-order valence-electron chi connectivity index (χ3n) is 1.74. The molecule has 0 aliphatic rings. The lowest BCUT2D eigenvalue weighted by molar-refractivity contribution is 0.387. The molecular weight excluding hydrogens is 294 g/mol. The maximum atomic E-state index is 10.5. The van der Waals surface area contributed by atoms with Crippen molar-refractivity contribution in [2.24, 2.45) is 0 Å². The maximum Gasteiger partial charge on any atom is 0.446 e. The SMILES string of the molecule is CSC(=S)NC=Cc1ccc(OS(=O)(=O)O)cc1. The summed E-state index contributed by atoms with van der Waals surface area (Å²) in [6.45, 7) is 0. The van der Waals surface area contributed by atoms with Crippen LogP contribution in [-0.4, -0.2) is 23.5 Å². The lowest BCUT2D eigenvalue weighted by atomic mass is 10.2. The summed E-state index contributed by atoms with van der Waals surface area (Å²) in [5.41, 5.74) is 0.828. The lowest BCUT2D eigenvalue weighted by Crippen LogP contribution is -2.08. The lowest BCUT2D eigenvalue weighted by Gasteiger charge is -2.01. The van der Waals surface area contributed by atoms with E-state index in [0.29, 0.717) is 4.32 Å². The fourth-order valence-electron chi connectivity index (χ4n) is 1.02. The average molecular weight is 305 g/mol. The normalized spacial score (nSPS) is 11.4. The van der Waals surface area contributed by atoms with Crippen molar-refractivity contribution in [2.45, 2.75) is 0 Å². The molecule has 0 aromatic heterocycles. The van der Waals surface area contributed by atoms with Crippen LogP contribution in [0.3, 0.4) is 0 Å². The van der Waals surface area contributed by atoms with Gasteiger partial charge in [0.05, 0.1) is 0 Å². The van der Waals surface area contributed by atoms with Crippen LogP contribution in [-0.2, 0) is 10.4 Å². The monoisotopic (exact) mass is 305 g/mol. The minimum absolute atomic E-state index is 0.0437. The van der Waals surface area contributed by atoms with E-state index in [1.165, 1.54) is 23.9 Å². The summed E-state index contributed by atoms with van der Waals surface area (Å²) in [5, 5.41) is 2.88. The maximum absolute atomic E-state index is 10.5. The molecule has 0 amide bonds. The Kier molecular flexibility index (Phi) is 5.60. The van der Waals surface area contributed by atoms with Gasteiger partial charge in [0, 0.05) is 6.20 Å². The van der Waals surface area contributed by atoms with Gasteiger partial charge in [-0.15, -0.1) is 11.8 Å². The van der Waals surface area contributed by atoms with Gasteiger partial charge in [0.2, 0.25) is 0 Å². The second-order valence-corrected chi connectivity index (χ2v) is 5.55. The van der Waals surface area contributed by atoms with E-state index in [1.54, 1.807) is 24.4 Å². The van der Waals surface area contributed by atoms with Crippen LogP contribution in [0.15, 0.2) is 30.5 Å². The van der Waals surface area contributed by atoms with Crippen molar-refractivity contribution in [3.63, 3.8) is 0 Å². The number of nitrogens with one attached hydrogen (secondary N) is 1. The highest BCUT2D eigenvalue weighted by Gasteiger charge is 2.05. The summed E-state index contributed by atoms with van der Waals surface area (Å²) >= 11 is 6.36. The van der Waals surface area contributed by atoms with Gasteiger partial charge in [0.25, 0.3) is 0 Å². The van der Waals surface area contributed by atoms with Gasteiger partial charge < -0.3 is 9.50 Å². The molecule has 0 fully saturated rings. The topological polar surface area (TPSA) is 75.6 Å². The first-order valence-electron chi connectivity index (χ1n) is 4.69. The van der Waals surface area contributed by atoms with E-state index in [-0.39, 0.29) is 5.75 Å². The van der Waals surface area contributed by atoms with E-state index in [9.17, 15) is 8.42 Å². The highest BCUT2D eigenvalue weighted by Crippen LogP contribution is 2.14. The van der Waals surface area contributed by atoms with Crippen molar-refractivity contribution in [3.05, 3.63) is 36.0 Å². The van der Waals surface area contributed by atoms with Crippen molar-refractivity contribution in [2.75, 3.05) is 6.26 Å². The molecule has 98 valence electrons. The van der Waals surface area contributed by atoms with Gasteiger partial charge in [0.15, 0.2) is 0 Å². The van der Waals surface area contributed by atoms with E-state index in [4.69, 9.17) is 16.8 Å². The van der Waals surface area contributed by atoms with Gasteiger partial charge in [-0.05, 0) is 30.0 Å². The van der Waals surface area contributed by atoms with Gasteiger partial charge in [-0.1, -0.05) is 24.4 Å². The molecule has 0 aliphatic heterocycles. The van der Waals surface area contributed by atoms with E-state index >= 15 is 0 Å². The standard InChI is InChI=1S/C10H11NO4S3/c1-17-10(16)11-7-6-8-2-4-9(5-3-8)15-18(12,13)14/h2-7H,1H3,(H,11,16)(H,12,13,14). The van der Waals surface area contributed by atoms with E-state index in [1.807, 2.05) is 6.26 Å². The summed E-state index contributed by atoms with van der Waals surface area (Å²) in [4.78, 5) is 0. The smallest absolute Gasteiger partial charge is 0.362 e. The van der Waals surface area contributed by atoms with Gasteiger partial charge >= 0.3 is 10.4 Å². The fraction of sp³-hybridized carbons (Fsp3) is 0.100. The van der Waals surface area contributed by atoms with Crippen LogP contribution in [0.4, 0.5) is 0 Å². The van der Waals surface area contributed by atoms with E-state index < -0.39 is 10.4 Å². The van der Waals surface area contributed by atoms with Gasteiger partial charge in [-0.3, -0.25) is 4.55 Å². The number of hydrogen-bond acceptors (Lipinski definition) is 5. The Morgan fingerprint density at radius 3 is 2.56 bits per heavy atom. The molecular formula is C10H11NO4S3. The molecule has 1 rings (SSSR count). The third-order valence-corrected chi connectivity index (χ3v) is 3.25. The average Bonchev–Trinajstić information content (AvgIpc) is 2.29. The number of benzene rings is 1. The summed E-state index contributed by atoms with van der Waals surface area (Å²) < 4.78 is 34.3. The fourth-order valence-corrected chi connectivity index (χ4v) is 1.63. The molecule has 0 unspecified atom stereocenters. The van der Waals surface area contributed by atoms with Crippen LogP contribution in [0.5, 0.6) is 5.75 Å². The summed E-state index contributed by atoms with van der Waals surface area (Å²) in [6, 6.07) is 6.14. The molecule has 0 saturated heterocycles. The summed E-state index contributed by atoms with van der Waals surface area (Å²) in [7, 11) is -4.47. The number of thioether (sulfide) groups is 1. The Hall–Kier alpha value is -1.09. The van der Waals surface area contributed by atoms with Crippen LogP contribution in [0.25, 0.3) is 6.08 Å². The Bertz CT molecular complexity index is 537. The molecule has 0 aliphatic carbocycles. The van der Waals surface area contributed by atoms with Crippen LogP contribution >= 0.6 is 24.0 Å². The van der Waals surface area contributed by atoms with Gasteiger partial charge in [-0.2, -0.15) is 8.42 Å². The molecule has 5 nitrogen and oxygen atoms in total. The number of hydrogen-bond donors (Lipinski definition) is 2. The van der Waals surface area contributed by atoms with Crippen molar-refractivity contribution in [1.82, 2.24) is 5.32 Å². The Balaban J connectivity index is 2.63. The molecule has 0 spiro atoms. The molecule has 0 heterocycles. The van der Waals surface area contributed by atoms with Gasteiger partial charge in [-0.25, -0.2) is 0 Å². The predicted molar refractivity (Wildman–Crippen MR) is 76.9 cm³/mol. The summed E-state index contributed by atoms with van der Waals surface area (Å²) in [6.07, 6.45) is 5.31. The van der Waals surface area contributed by atoms with Gasteiger partial charge in [0.1, 0.15) is 10.1 Å². The van der Waals surface area contributed by atoms with Crippen LogP contribution in [0.2, 0.25) is 0 Å². The molecule has 18 heavy (non-hydrogen) atoms. The largest absolute Gasteiger partial charge is 0.446 e. The van der Waals surface area contributed by atoms with Crippen LogP contribution < -0.4 is 9.50 Å². The van der Waals surface area contributed by atoms with Crippen LogP contribution in [0, 0.1) is 0 Å². The molecule has 0 atom stereocenters. The first-order valence-corrected chi connectivity index (χ1v) is 7.68. The molecule has 0 bridgehead atoms. The van der Waals surface area contributed by atoms with Crippen molar-refractivity contribution < 1.29 is 17.2 Å². The quantitative estimate of drug-likeness (QED) is 0.651. The zero-order chi connectivity index (χ0) is 13.6. The number of thiocarbonyl (C=S) groups is 1. The zero-order valence-electron chi connectivity index (χ0n) is 9.36. The summed E-state index contributed by atoms with van der Waals surface area (Å²) in [5.74, 6) is 0.0437. The molecule has 8 heteroatoms. The van der Waals surface area contributed by atoms with E-state index in [2.05, 4.69) is 9.50 Å². The minimum Gasteiger partial charge on any atom is -0.362 e. The highest BCUT2D eigenvalue weighted by atomic mass is 32.3. The predicted octanol–water partition coefficient (Wildman–Crippen LogP) is 2.08. The molecule has 1 aromatic carbocycles. The second-order valence-electron chi connectivity index (χ2n) is 3.05. The first-order chi connectivity index (χ1) is 8.40. The Morgan fingerprint density at radius 1 is 1.44 bits per heavy atom. The second kappa shape index (κ2) is 6.74. The number of rotatable bonds is 4. The van der Waals surface area contributed by atoms with Crippen molar-refractivity contribution >= 4 is 44.8 Å². The van der Waals surface area contributed by atoms with Crippen molar-refractivity contribution in [3.8, 4) is 5.75 Å². The molecule has 0 saturated carbocycles. The Morgan fingerprint density at radius 2 is 2.06 bits per heavy atom. The molecule has 0 radical (unpaired) electrons. The molecule has 1 aromatic rings.